The summed E-state index contributed by atoms with van der Waals surface area (Å²) in [5.41, 5.74) is 0. The molecule has 2 fully saturated rings. The Labute approximate surface area is 64.0 Å². The van der Waals surface area contributed by atoms with Crippen molar-refractivity contribution < 1.29 is 19.4 Å². The number of rotatable bonds is 1. The SMILES string of the molecule is NO[C@H]1COC2C1OC[C@H]2O. The summed E-state index contributed by atoms with van der Waals surface area (Å²) in [7, 11) is 0. The van der Waals surface area contributed by atoms with Crippen molar-refractivity contribution in [2.24, 2.45) is 5.90 Å². The first-order chi connectivity index (χ1) is 5.33. The molecule has 2 saturated heterocycles. The van der Waals surface area contributed by atoms with Crippen molar-refractivity contribution in [3.63, 3.8) is 0 Å². The second-order valence-electron chi connectivity index (χ2n) is 2.84. The zero-order valence-electron chi connectivity index (χ0n) is 5.97. The first kappa shape index (κ1) is 7.45. The van der Waals surface area contributed by atoms with Gasteiger partial charge in [-0.25, -0.2) is 5.90 Å². The Hall–Kier alpha value is -0.200. The van der Waals surface area contributed by atoms with E-state index in [2.05, 4.69) is 4.84 Å². The van der Waals surface area contributed by atoms with Crippen LogP contribution in [0.15, 0.2) is 0 Å². The van der Waals surface area contributed by atoms with Crippen molar-refractivity contribution in [3.05, 3.63) is 0 Å². The maximum absolute atomic E-state index is 9.27. The van der Waals surface area contributed by atoms with Gasteiger partial charge < -0.3 is 14.6 Å². The van der Waals surface area contributed by atoms with Gasteiger partial charge in [0.2, 0.25) is 0 Å². The van der Waals surface area contributed by atoms with Gasteiger partial charge in [-0.3, -0.25) is 4.84 Å². The number of aliphatic hydroxyl groups excluding tert-OH is 1. The number of ether oxygens (including phenoxy) is 2. The summed E-state index contributed by atoms with van der Waals surface area (Å²) < 4.78 is 10.4. The van der Waals surface area contributed by atoms with Gasteiger partial charge in [-0.1, -0.05) is 0 Å². The number of hydrogen-bond donors (Lipinski definition) is 2. The smallest absolute Gasteiger partial charge is 0.131 e. The highest BCUT2D eigenvalue weighted by atomic mass is 16.7. The largest absolute Gasteiger partial charge is 0.388 e. The lowest BCUT2D eigenvalue weighted by Crippen LogP contribution is -2.34. The summed E-state index contributed by atoms with van der Waals surface area (Å²) >= 11 is 0. The molecule has 3 N–H and O–H groups in total. The van der Waals surface area contributed by atoms with E-state index in [0.29, 0.717) is 13.2 Å². The molecule has 2 aliphatic heterocycles. The number of fused-ring (bicyclic) bond motifs is 1. The minimum Gasteiger partial charge on any atom is -0.388 e. The van der Waals surface area contributed by atoms with Gasteiger partial charge in [-0.15, -0.1) is 0 Å². The van der Waals surface area contributed by atoms with Crippen LogP contribution in [0.4, 0.5) is 0 Å². The number of hydrogen-bond acceptors (Lipinski definition) is 5. The zero-order chi connectivity index (χ0) is 7.84. The zero-order valence-corrected chi connectivity index (χ0v) is 5.97. The summed E-state index contributed by atoms with van der Waals surface area (Å²) in [6.45, 7) is 0.720. The van der Waals surface area contributed by atoms with Crippen molar-refractivity contribution in [2.45, 2.75) is 24.4 Å². The second kappa shape index (κ2) is 2.69. The van der Waals surface area contributed by atoms with Crippen LogP contribution in [0.3, 0.4) is 0 Å². The van der Waals surface area contributed by atoms with Crippen LogP contribution in [-0.4, -0.2) is 42.7 Å². The number of nitrogens with two attached hydrogens (primary N) is 1. The average molecular weight is 161 g/mol. The van der Waals surface area contributed by atoms with Crippen molar-refractivity contribution in [3.8, 4) is 0 Å². The van der Waals surface area contributed by atoms with Crippen molar-refractivity contribution in [1.29, 1.82) is 0 Å². The maximum Gasteiger partial charge on any atom is 0.131 e. The fourth-order valence-electron chi connectivity index (χ4n) is 1.56. The summed E-state index contributed by atoms with van der Waals surface area (Å²) in [4.78, 5) is 4.61. The molecule has 0 aromatic carbocycles. The molecule has 0 aromatic rings. The molecule has 0 aromatic heterocycles. The standard InChI is InChI=1S/C6H11NO4/c7-11-4-2-10-5-3(8)1-9-6(4)5/h3-6,8H,1-2,7H2/t3-,4+,5?,6?/m1/s1. The third kappa shape index (κ3) is 1.05. The quantitative estimate of drug-likeness (QED) is 0.453. The molecule has 5 heteroatoms. The minimum absolute atomic E-state index is 0.185. The molecule has 0 amide bonds. The molecule has 4 atom stereocenters. The van der Waals surface area contributed by atoms with E-state index < -0.39 is 6.10 Å². The Morgan fingerprint density at radius 1 is 1.27 bits per heavy atom. The van der Waals surface area contributed by atoms with Crippen molar-refractivity contribution in [1.82, 2.24) is 0 Å². The van der Waals surface area contributed by atoms with Crippen LogP contribution >= 0.6 is 0 Å². The minimum atomic E-state index is -0.528. The lowest BCUT2D eigenvalue weighted by Gasteiger charge is -2.12. The molecular formula is C6H11NO4. The molecule has 11 heavy (non-hydrogen) atoms. The van der Waals surface area contributed by atoms with Gasteiger partial charge in [0.05, 0.1) is 13.2 Å². The second-order valence-corrected chi connectivity index (χ2v) is 2.84. The van der Waals surface area contributed by atoms with Crippen LogP contribution in [0.1, 0.15) is 0 Å². The van der Waals surface area contributed by atoms with Gasteiger partial charge in [0.15, 0.2) is 0 Å². The van der Waals surface area contributed by atoms with E-state index in [9.17, 15) is 5.11 Å². The molecular weight excluding hydrogens is 150 g/mol. The maximum atomic E-state index is 9.27. The first-order valence-electron chi connectivity index (χ1n) is 3.59. The molecule has 5 nitrogen and oxygen atoms in total. The van der Waals surface area contributed by atoms with Crippen LogP contribution in [0.2, 0.25) is 0 Å². The van der Waals surface area contributed by atoms with Gasteiger partial charge in [-0.05, 0) is 0 Å². The van der Waals surface area contributed by atoms with E-state index in [0.717, 1.165) is 0 Å². The van der Waals surface area contributed by atoms with Gasteiger partial charge in [0.1, 0.15) is 24.4 Å². The lowest BCUT2D eigenvalue weighted by atomic mass is 10.1. The normalized spacial score (nSPS) is 49.6. The third-order valence-electron chi connectivity index (χ3n) is 2.16. The van der Waals surface area contributed by atoms with Crippen molar-refractivity contribution in [2.75, 3.05) is 13.2 Å². The van der Waals surface area contributed by atoms with Crippen LogP contribution in [0.5, 0.6) is 0 Å². The van der Waals surface area contributed by atoms with Gasteiger partial charge in [0, 0.05) is 0 Å². The van der Waals surface area contributed by atoms with E-state index in [1.54, 1.807) is 0 Å². The van der Waals surface area contributed by atoms with Crippen LogP contribution in [0, 0.1) is 0 Å². The van der Waals surface area contributed by atoms with E-state index in [4.69, 9.17) is 15.4 Å². The summed E-state index contributed by atoms with van der Waals surface area (Å²) in [5.74, 6) is 4.99. The average Bonchev–Trinajstić information content (AvgIpc) is 2.53. The molecule has 2 rings (SSSR count). The highest BCUT2D eigenvalue weighted by molar-refractivity contribution is 4.94. The predicted molar refractivity (Wildman–Crippen MR) is 34.5 cm³/mol. The Morgan fingerprint density at radius 2 is 2.00 bits per heavy atom. The summed E-state index contributed by atoms with van der Waals surface area (Å²) in [6.07, 6.45) is -1.18. The van der Waals surface area contributed by atoms with Crippen LogP contribution in [0.25, 0.3) is 0 Å². The molecule has 0 saturated carbocycles. The first-order valence-corrected chi connectivity index (χ1v) is 3.59. The Balaban J connectivity index is 2.04. The molecule has 2 aliphatic rings. The van der Waals surface area contributed by atoms with E-state index in [1.807, 2.05) is 0 Å². The molecule has 2 heterocycles. The molecule has 64 valence electrons. The predicted octanol–water partition coefficient (Wildman–Crippen LogP) is -1.60. The Bertz CT molecular complexity index is 154. The highest BCUT2D eigenvalue weighted by Gasteiger charge is 2.47. The fraction of sp³-hybridized carbons (Fsp3) is 1.00. The van der Waals surface area contributed by atoms with E-state index in [1.165, 1.54) is 0 Å². The van der Waals surface area contributed by atoms with E-state index in [-0.39, 0.29) is 18.3 Å². The van der Waals surface area contributed by atoms with Gasteiger partial charge >= 0.3 is 0 Å². The Morgan fingerprint density at radius 3 is 2.73 bits per heavy atom. The van der Waals surface area contributed by atoms with Gasteiger partial charge in [-0.2, -0.15) is 0 Å². The number of aliphatic hydroxyl groups is 1. The van der Waals surface area contributed by atoms with Crippen molar-refractivity contribution >= 4 is 0 Å². The molecule has 0 radical (unpaired) electrons. The molecule has 0 spiro atoms. The molecule has 2 unspecified atom stereocenters. The topological polar surface area (TPSA) is 73.9 Å². The lowest BCUT2D eigenvalue weighted by molar-refractivity contribution is -0.0381. The summed E-state index contributed by atoms with van der Waals surface area (Å²) in [6, 6.07) is 0. The Kier molecular flexibility index (Phi) is 1.82. The third-order valence-corrected chi connectivity index (χ3v) is 2.16. The monoisotopic (exact) mass is 161 g/mol. The summed E-state index contributed by atoms with van der Waals surface area (Å²) in [5, 5.41) is 9.27. The van der Waals surface area contributed by atoms with Crippen LogP contribution in [-0.2, 0) is 14.3 Å². The fourth-order valence-corrected chi connectivity index (χ4v) is 1.56. The van der Waals surface area contributed by atoms with E-state index >= 15 is 0 Å². The van der Waals surface area contributed by atoms with Crippen LogP contribution < -0.4 is 5.90 Å². The highest BCUT2D eigenvalue weighted by Crippen LogP contribution is 2.27. The van der Waals surface area contributed by atoms with Gasteiger partial charge in [0.25, 0.3) is 0 Å². The molecule has 0 aliphatic carbocycles. The molecule has 0 bridgehead atoms.